The summed E-state index contributed by atoms with van der Waals surface area (Å²) in [6, 6.07) is 6.02. The van der Waals surface area contributed by atoms with Crippen LogP contribution in [0.1, 0.15) is 31.4 Å². The number of hydrogen-bond acceptors (Lipinski definition) is 9. The summed E-state index contributed by atoms with van der Waals surface area (Å²) in [4.78, 5) is 48.1. The Morgan fingerprint density at radius 1 is 1.16 bits per heavy atom. The number of rotatable bonds is 9. The third-order valence-electron chi connectivity index (χ3n) is 5.26. The number of carbonyl (C=O) groups is 3. The number of nitro benzene ring substituents is 1. The molecule has 1 atom stereocenters. The smallest absolute Gasteiger partial charge is 0.416 e. The molecule has 1 aliphatic rings. The Morgan fingerprint density at radius 3 is 2.45 bits per heavy atom. The van der Waals surface area contributed by atoms with Crippen LogP contribution in [0, 0.1) is 10.1 Å². The molecule has 10 nitrogen and oxygen atoms in total. The predicted molar refractivity (Wildman–Crippen MR) is 130 cm³/mol. The highest BCUT2D eigenvalue weighted by Gasteiger charge is 2.37. The maximum absolute atomic E-state index is 13.0. The molecule has 2 amide bonds. The van der Waals surface area contributed by atoms with Gasteiger partial charge in [0.15, 0.2) is 11.5 Å². The van der Waals surface area contributed by atoms with E-state index in [-0.39, 0.29) is 22.5 Å². The van der Waals surface area contributed by atoms with E-state index >= 15 is 0 Å². The average molecular weight is 554 g/mol. The standard InChI is InChI=1S/C24H21F3N2O8S/c1-4-13(2)36-21(30)12-28-22(31)20(38-23(28)32)10-14-5-7-18(19(9-14)35-3)37-17-8-6-15(24(25,26)27)11-16(17)29(33)34/h5-11,13H,4,12H2,1-3H3/b20-10+/t13-/m0/s1. The zero-order valence-electron chi connectivity index (χ0n) is 20.2. The van der Waals surface area contributed by atoms with Crippen LogP contribution in [0.3, 0.4) is 0 Å². The van der Waals surface area contributed by atoms with Crippen molar-refractivity contribution in [2.24, 2.45) is 0 Å². The molecular weight excluding hydrogens is 533 g/mol. The maximum Gasteiger partial charge on any atom is 0.416 e. The van der Waals surface area contributed by atoms with Gasteiger partial charge in [0.1, 0.15) is 6.54 Å². The molecule has 1 heterocycles. The number of ether oxygens (including phenoxy) is 3. The summed E-state index contributed by atoms with van der Waals surface area (Å²) in [6.07, 6.45) is -3.20. The zero-order chi connectivity index (χ0) is 28.2. The molecule has 1 saturated heterocycles. The molecule has 2 aromatic rings. The van der Waals surface area contributed by atoms with E-state index in [1.54, 1.807) is 6.92 Å². The van der Waals surface area contributed by atoms with Gasteiger partial charge in [-0.2, -0.15) is 13.2 Å². The minimum absolute atomic E-state index is 0.0282. The number of imide groups is 1. The van der Waals surface area contributed by atoms with Gasteiger partial charge in [0.05, 0.1) is 28.6 Å². The number of hydrogen-bond donors (Lipinski definition) is 0. The van der Waals surface area contributed by atoms with E-state index in [2.05, 4.69) is 0 Å². The molecule has 0 aliphatic carbocycles. The first-order chi connectivity index (χ1) is 17.8. The average Bonchev–Trinajstić information content (AvgIpc) is 3.11. The van der Waals surface area contributed by atoms with E-state index in [9.17, 15) is 37.7 Å². The lowest BCUT2D eigenvalue weighted by Crippen LogP contribution is -2.35. The number of nitro groups is 1. The minimum Gasteiger partial charge on any atom is -0.493 e. The number of alkyl halides is 3. The number of benzene rings is 2. The van der Waals surface area contributed by atoms with Crippen molar-refractivity contribution < 1.29 is 46.7 Å². The van der Waals surface area contributed by atoms with Crippen molar-refractivity contribution in [3.8, 4) is 17.2 Å². The molecule has 0 unspecified atom stereocenters. The SMILES string of the molecule is CC[C@H](C)OC(=O)CN1C(=O)S/C(=C/c2ccc(Oc3ccc(C(F)(F)F)cc3[N+](=O)[O-])c(OC)c2)C1=O. The maximum atomic E-state index is 13.0. The van der Waals surface area contributed by atoms with Gasteiger partial charge >= 0.3 is 17.8 Å². The molecule has 2 aromatic carbocycles. The Hall–Kier alpha value is -4.07. The number of halogens is 3. The molecule has 3 rings (SSSR count). The van der Waals surface area contributed by atoms with Crippen molar-refractivity contribution in [1.29, 1.82) is 0 Å². The summed E-state index contributed by atoms with van der Waals surface area (Å²) >= 11 is 0.624. The fraction of sp³-hybridized carbons (Fsp3) is 0.292. The first-order valence-corrected chi connectivity index (χ1v) is 11.8. The molecule has 0 spiro atoms. The second-order valence-electron chi connectivity index (χ2n) is 7.93. The molecule has 0 radical (unpaired) electrons. The fourth-order valence-corrected chi connectivity index (χ4v) is 4.00. The lowest BCUT2D eigenvalue weighted by atomic mass is 10.1. The molecule has 1 fully saturated rings. The van der Waals surface area contributed by atoms with Gasteiger partial charge in [-0.25, -0.2) is 0 Å². The van der Waals surface area contributed by atoms with Crippen molar-refractivity contribution in [3.63, 3.8) is 0 Å². The number of methoxy groups -OCH3 is 1. The predicted octanol–water partition coefficient (Wildman–Crippen LogP) is 5.79. The normalized spacial score (nSPS) is 15.5. The molecule has 1 aliphatic heterocycles. The van der Waals surface area contributed by atoms with Crippen molar-refractivity contribution in [2.75, 3.05) is 13.7 Å². The van der Waals surface area contributed by atoms with Crippen LogP contribution in [-0.4, -0.2) is 46.7 Å². The quantitative estimate of drug-likeness (QED) is 0.164. The van der Waals surface area contributed by atoms with Crippen LogP contribution in [0.4, 0.5) is 23.7 Å². The second-order valence-corrected chi connectivity index (χ2v) is 8.92. The van der Waals surface area contributed by atoms with E-state index in [0.717, 1.165) is 11.0 Å². The summed E-state index contributed by atoms with van der Waals surface area (Å²) < 4.78 is 54.7. The van der Waals surface area contributed by atoms with Crippen LogP contribution in [0.15, 0.2) is 41.3 Å². The van der Waals surface area contributed by atoms with Crippen molar-refractivity contribution >= 4 is 40.6 Å². The van der Waals surface area contributed by atoms with Crippen molar-refractivity contribution in [2.45, 2.75) is 32.5 Å². The van der Waals surface area contributed by atoms with Crippen molar-refractivity contribution in [1.82, 2.24) is 4.90 Å². The monoisotopic (exact) mass is 554 g/mol. The highest BCUT2D eigenvalue weighted by molar-refractivity contribution is 8.18. The summed E-state index contributed by atoms with van der Waals surface area (Å²) in [5.74, 6) is -1.86. The Kier molecular flexibility index (Phi) is 8.66. The summed E-state index contributed by atoms with van der Waals surface area (Å²) in [5.41, 5.74) is -1.73. The van der Waals surface area contributed by atoms with Gasteiger partial charge in [0.25, 0.3) is 11.1 Å². The van der Waals surface area contributed by atoms with Gasteiger partial charge < -0.3 is 14.2 Å². The topological polar surface area (TPSA) is 125 Å². The van der Waals surface area contributed by atoms with E-state index in [1.165, 1.54) is 31.4 Å². The van der Waals surface area contributed by atoms with Crippen LogP contribution < -0.4 is 9.47 Å². The Morgan fingerprint density at radius 2 is 1.84 bits per heavy atom. The lowest BCUT2D eigenvalue weighted by molar-refractivity contribution is -0.385. The van der Waals surface area contributed by atoms with Crippen LogP contribution in [0.5, 0.6) is 17.2 Å². The number of amides is 2. The Balaban J connectivity index is 1.83. The number of esters is 1. The summed E-state index contributed by atoms with van der Waals surface area (Å²) in [6.45, 7) is 2.96. The van der Waals surface area contributed by atoms with Gasteiger partial charge in [-0.1, -0.05) is 13.0 Å². The Bertz CT molecular complexity index is 1310. The third kappa shape index (κ3) is 6.62. The highest BCUT2D eigenvalue weighted by Crippen LogP contribution is 2.41. The van der Waals surface area contributed by atoms with Gasteiger partial charge in [-0.3, -0.25) is 29.4 Å². The molecule has 14 heteroatoms. The zero-order valence-corrected chi connectivity index (χ0v) is 21.1. The number of thioether (sulfide) groups is 1. The first-order valence-electron chi connectivity index (χ1n) is 11.0. The molecule has 38 heavy (non-hydrogen) atoms. The summed E-state index contributed by atoms with van der Waals surface area (Å²) in [7, 11) is 1.27. The van der Waals surface area contributed by atoms with Gasteiger partial charge in [-0.05, 0) is 61.0 Å². The molecule has 0 N–H and O–H groups in total. The van der Waals surface area contributed by atoms with Crippen LogP contribution in [0.25, 0.3) is 6.08 Å². The van der Waals surface area contributed by atoms with Crippen LogP contribution in [0.2, 0.25) is 0 Å². The van der Waals surface area contributed by atoms with E-state index in [0.29, 0.717) is 35.9 Å². The molecular formula is C24H21F3N2O8S. The molecule has 0 saturated carbocycles. The van der Waals surface area contributed by atoms with Gasteiger partial charge in [-0.15, -0.1) is 0 Å². The lowest BCUT2D eigenvalue weighted by Gasteiger charge is -2.15. The molecule has 0 aromatic heterocycles. The van der Waals surface area contributed by atoms with E-state index < -0.39 is 51.8 Å². The highest BCUT2D eigenvalue weighted by atomic mass is 32.2. The minimum atomic E-state index is -4.78. The molecule has 202 valence electrons. The Labute approximate surface area is 218 Å². The first kappa shape index (κ1) is 28.5. The number of nitrogens with zero attached hydrogens (tertiary/aromatic N) is 2. The largest absolute Gasteiger partial charge is 0.493 e. The molecule has 0 bridgehead atoms. The fourth-order valence-electron chi connectivity index (χ4n) is 3.16. The second kappa shape index (κ2) is 11.5. The van der Waals surface area contributed by atoms with Gasteiger partial charge in [0.2, 0.25) is 5.75 Å². The summed E-state index contributed by atoms with van der Waals surface area (Å²) in [5, 5.41) is 10.7. The van der Waals surface area contributed by atoms with Crippen LogP contribution in [-0.2, 0) is 20.5 Å². The van der Waals surface area contributed by atoms with Crippen molar-refractivity contribution in [3.05, 3.63) is 62.5 Å². The number of carbonyl (C=O) groups excluding carboxylic acids is 3. The van der Waals surface area contributed by atoms with E-state index in [1.807, 2.05) is 6.92 Å². The van der Waals surface area contributed by atoms with Crippen LogP contribution >= 0.6 is 11.8 Å². The van der Waals surface area contributed by atoms with Gasteiger partial charge in [0, 0.05) is 6.07 Å². The van der Waals surface area contributed by atoms with E-state index in [4.69, 9.17) is 14.2 Å². The third-order valence-corrected chi connectivity index (χ3v) is 6.16.